The highest BCUT2D eigenvalue weighted by molar-refractivity contribution is 7.88. The number of sulfonamides is 1. The molecule has 0 bridgehead atoms. The standard InChI is InChI=1S/C20H33N3O3S/c1-3-4-6-16-23(27(2,25)26)17-13-20(24)21-18-9-11-19(12-10-18)22-14-7-5-8-15-22/h9-12H,3-8,13-17H2,1-2H3,(H,21,24). The number of anilines is 2. The van der Waals surface area contributed by atoms with Gasteiger partial charge in [-0.15, -0.1) is 0 Å². The van der Waals surface area contributed by atoms with Gasteiger partial charge >= 0.3 is 0 Å². The molecule has 152 valence electrons. The first kappa shape index (κ1) is 21.7. The molecule has 2 rings (SSSR count). The molecule has 0 unspecified atom stereocenters. The highest BCUT2D eigenvalue weighted by Gasteiger charge is 2.17. The molecule has 6 nitrogen and oxygen atoms in total. The van der Waals surface area contributed by atoms with Crippen molar-refractivity contribution in [2.45, 2.75) is 51.9 Å². The second-order valence-corrected chi connectivity index (χ2v) is 9.24. The van der Waals surface area contributed by atoms with Crippen molar-refractivity contribution >= 4 is 27.3 Å². The lowest BCUT2D eigenvalue weighted by atomic mass is 10.1. The zero-order chi connectivity index (χ0) is 19.7. The molecule has 1 saturated heterocycles. The van der Waals surface area contributed by atoms with Crippen molar-refractivity contribution in [3.8, 4) is 0 Å². The van der Waals surface area contributed by atoms with E-state index < -0.39 is 10.0 Å². The lowest BCUT2D eigenvalue weighted by Gasteiger charge is -2.28. The van der Waals surface area contributed by atoms with Gasteiger partial charge < -0.3 is 10.2 Å². The number of carbonyl (C=O) groups excluding carboxylic acids is 1. The molecule has 1 aliphatic rings. The minimum absolute atomic E-state index is 0.160. The van der Waals surface area contributed by atoms with Gasteiger partial charge in [0.05, 0.1) is 6.26 Å². The normalized spacial score (nSPS) is 15.1. The number of hydrogen-bond acceptors (Lipinski definition) is 4. The number of nitrogens with one attached hydrogen (secondary N) is 1. The molecule has 0 radical (unpaired) electrons. The van der Waals surface area contributed by atoms with Gasteiger partial charge in [-0.1, -0.05) is 19.8 Å². The predicted molar refractivity (Wildman–Crippen MR) is 112 cm³/mol. The van der Waals surface area contributed by atoms with Crippen molar-refractivity contribution in [3.63, 3.8) is 0 Å². The summed E-state index contributed by atoms with van der Waals surface area (Å²) < 4.78 is 25.2. The van der Waals surface area contributed by atoms with Crippen molar-refractivity contribution in [2.75, 3.05) is 42.7 Å². The molecule has 1 aliphatic heterocycles. The fourth-order valence-corrected chi connectivity index (χ4v) is 4.22. The second kappa shape index (κ2) is 10.7. The number of hydrogen-bond donors (Lipinski definition) is 1. The first-order valence-corrected chi connectivity index (χ1v) is 11.8. The maximum absolute atomic E-state index is 12.2. The van der Waals surface area contributed by atoms with Gasteiger partial charge in [0.15, 0.2) is 0 Å². The summed E-state index contributed by atoms with van der Waals surface area (Å²) in [5.41, 5.74) is 1.93. The molecule has 0 saturated carbocycles. The van der Waals surface area contributed by atoms with E-state index in [1.54, 1.807) is 0 Å². The largest absolute Gasteiger partial charge is 0.372 e. The van der Waals surface area contributed by atoms with E-state index in [0.29, 0.717) is 6.54 Å². The summed E-state index contributed by atoms with van der Waals surface area (Å²) in [5, 5.41) is 2.87. The summed E-state index contributed by atoms with van der Waals surface area (Å²) in [7, 11) is -3.28. The molecule has 1 aromatic carbocycles. The molecule has 1 N–H and O–H groups in total. The van der Waals surface area contributed by atoms with Gasteiger partial charge in [-0.05, 0) is 49.9 Å². The highest BCUT2D eigenvalue weighted by atomic mass is 32.2. The van der Waals surface area contributed by atoms with Crippen molar-refractivity contribution < 1.29 is 13.2 Å². The average Bonchev–Trinajstić information content (AvgIpc) is 2.65. The van der Waals surface area contributed by atoms with Gasteiger partial charge in [-0.3, -0.25) is 4.79 Å². The van der Waals surface area contributed by atoms with Crippen LogP contribution in [0.4, 0.5) is 11.4 Å². The van der Waals surface area contributed by atoms with E-state index in [1.807, 2.05) is 24.3 Å². The van der Waals surface area contributed by atoms with E-state index in [9.17, 15) is 13.2 Å². The number of piperidine rings is 1. The van der Waals surface area contributed by atoms with Crippen LogP contribution >= 0.6 is 0 Å². The molecule has 27 heavy (non-hydrogen) atoms. The van der Waals surface area contributed by atoms with Crippen molar-refractivity contribution in [3.05, 3.63) is 24.3 Å². The summed E-state index contributed by atoms with van der Waals surface area (Å²) >= 11 is 0. The van der Waals surface area contributed by atoms with E-state index in [2.05, 4.69) is 17.1 Å². The molecule has 1 fully saturated rings. The third kappa shape index (κ3) is 7.50. The van der Waals surface area contributed by atoms with Gasteiger partial charge in [0, 0.05) is 44.0 Å². The Bertz CT molecular complexity index is 683. The van der Waals surface area contributed by atoms with Gasteiger partial charge in [0.1, 0.15) is 0 Å². The maximum atomic E-state index is 12.2. The average molecular weight is 396 g/mol. The molecule has 7 heteroatoms. The fourth-order valence-electron chi connectivity index (χ4n) is 3.34. The van der Waals surface area contributed by atoms with Gasteiger partial charge in [0.25, 0.3) is 0 Å². The van der Waals surface area contributed by atoms with Gasteiger partial charge in [0.2, 0.25) is 15.9 Å². The maximum Gasteiger partial charge on any atom is 0.225 e. The smallest absolute Gasteiger partial charge is 0.225 e. The molecule has 1 amide bonds. The summed E-state index contributed by atoms with van der Waals surface area (Å²) in [6.07, 6.45) is 7.97. The minimum atomic E-state index is -3.28. The number of unbranched alkanes of at least 4 members (excludes halogenated alkanes) is 2. The highest BCUT2D eigenvalue weighted by Crippen LogP contribution is 2.21. The first-order chi connectivity index (χ1) is 12.9. The summed E-state index contributed by atoms with van der Waals surface area (Å²) in [4.78, 5) is 14.6. The van der Waals surface area contributed by atoms with E-state index in [-0.39, 0.29) is 18.9 Å². The molecular weight excluding hydrogens is 362 g/mol. The number of rotatable bonds is 10. The quantitative estimate of drug-likeness (QED) is 0.616. The number of nitrogens with zero attached hydrogens (tertiary/aromatic N) is 2. The lowest BCUT2D eigenvalue weighted by molar-refractivity contribution is -0.116. The van der Waals surface area contributed by atoms with Crippen molar-refractivity contribution in [2.24, 2.45) is 0 Å². The minimum Gasteiger partial charge on any atom is -0.372 e. The van der Waals surface area contributed by atoms with Gasteiger partial charge in [-0.2, -0.15) is 0 Å². The van der Waals surface area contributed by atoms with Crippen LogP contribution in [0.3, 0.4) is 0 Å². The summed E-state index contributed by atoms with van der Waals surface area (Å²) in [6.45, 7) is 4.95. The molecular formula is C20H33N3O3S. The van der Waals surface area contributed by atoms with E-state index >= 15 is 0 Å². The summed E-state index contributed by atoms with van der Waals surface area (Å²) in [5.74, 6) is -0.162. The van der Waals surface area contributed by atoms with E-state index in [0.717, 1.165) is 38.0 Å². The van der Waals surface area contributed by atoms with Crippen LogP contribution in [0.25, 0.3) is 0 Å². The number of amides is 1. The Morgan fingerprint density at radius 3 is 2.33 bits per heavy atom. The van der Waals surface area contributed by atoms with Crippen LogP contribution in [0.15, 0.2) is 24.3 Å². The summed E-state index contributed by atoms with van der Waals surface area (Å²) in [6, 6.07) is 7.90. The van der Waals surface area contributed by atoms with Crippen LogP contribution in [-0.4, -0.2) is 51.1 Å². The van der Waals surface area contributed by atoms with Crippen LogP contribution in [0, 0.1) is 0 Å². The third-order valence-corrected chi connectivity index (χ3v) is 6.24. The van der Waals surface area contributed by atoms with Crippen LogP contribution < -0.4 is 10.2 Å². The van der Waals surface area contributed by atoms with Crippen LogP contribution in [0.1, 0.15) is 51.9 Å². The SMILES string of the molecule is CCCCCN(CCC(=O)Nc1ccc(N2CCCCC2)cc1)S(C)(=O)=O. The zero-order valence-electron chi connectivity index (χ0n) is 16.6. The number of benzene rings is 1. The van der Waals surface area contributed by atoms with Crippen LogP contribution in [-0.2, 0) is 14.8 Å². The Morgan fingerprint density at radius 2 is 1.74 bits per heavy atom. The topological polar surface area (TPSA) is 69.7 Å². The Morgan fingerprint density at radius 1 is 1.07 bits per heavy atom. The van der Waals surface area contributed by atoms with E-state index in [1.165, 1.54) is 35.5 Å². The number of carbonyl (C=O) groups is 1. The molecule has 1 heterocycles. The Hall–Kier alpha value is -1.60. The fraction of sp³-hybridized carbons (Fsp3) is 0.650. The third-order valence-electron chi connectivity index (χ3n) is 4.94. The second-order valence-electron chi connectivity index (χ2n) is 7.26. The lowest BCUT2D eigenvalue weighted by Crippen LogP contribution is -2.33. The molecule has 0 spiro atoms. The van der Waals surface area contributed by atoms with Crippen molar-refractivity contribution in [1.82, 2.24) is 4.31 Å². The zero-order valence-corrected chi connectivity index (χ0v) is 17.4. The van der Waals surface area contributed by atoms with Crippen molar-refractivity contribution in [1.29, 1.82) is 0 Å². The molecule has 0 atom stereocenters. The van der Waals surface area contributed by atoms with Crippen LogP contribution in [0.2, 0.25) is 0 Å². The Balaban J connectivity index is 1.83. The van der Waals surface area contributed by atoms with Crippen LogP contribution in [0.5, 0.6) is 0 Å². The van der Waals surface area contributed by atoms with Gasteiger partial charge in [-0.25, -0.2) is 12.7 Å². The molecule has 0 aliphatic carbocycles. The Kier molecular flexibility index (Phi) is 8.57. The Labute approximate surface area is 164 Å². The molecule has 0 aromatic heterocycles. The molecule has 1 aromatic rings. The first-order valence-electron chi connectivity index (χ1n) is 10.00. The monoisotopic (exact) mass is 395 g/mol. The van der Waals surface area contributed by atoms with E-state index in [4.69, 9.17) is 0 Å². The predicted octanol–water partition coefficient (Wildman–Crippen LogP) is 3.46.